The minimum atomic E-state index is 0.102. The first-order valence-corrected chi connectivity index (χ1v) is 8.14. The van der Waals surface area contributed by atoms with Crippen molar-refractivity contribution in [2.24, 2.45) is 11.1 Å². The molecule has 2 saturated carbocycles. The molecule has 2 aliphatic carbocycles. The van der Waals surface area contributed by atoms with Crippen molar-refractivity contribution in [3.8, 4) is 0 Å². The zero-order chi connectivity index (χ0) is 14.8. The van der Waals surface area contributed by atoms with E-state index in [1.54, 1.807) is 0 Å². The van der Waals surface area contributed by atoms with E-state index in [2.05, 4.69) is 6.92 Å². The molecule has 2 aliphatic rings. The highest BCUT2D eigenvalue weighted by atomic mass is 16.5. The van der Waals surface area contributed by atoms with E-state index in [-0.39, 0.29) is 17.4 Å². The summed E-state index contributed by atoms with van der Waals surface area (Å²) < 4.78 is 5.92. The molecule has 2 fully saturated rings. The Morgan fingerprint density at radius 1 is 1.45 bits per heavy atom. The van der Waals surface area contributed by atoms with Gasteiger partial charge in [-0.2, -0.15) is 0 Å². The Morgan fingerprint density at radius 3 is 2.65 bits per heavy atom. The highest BCUT2D eigenvalue weighted by Gasteiger charge is 2.58. The number of hydrogen-bond donors (Lipinski definition) is 1. The lowest BCUT2D eigenvalue weighted by atomic mass is 9.60. The van der Waals surface area contributed by atoms with Gasteiger partial charge in [0.05, 0.1) is 6.10 Å². The highest BCUT2D eigenvalue weighted by Crippen LogP contribution is 2.56. The maximum absolute atomic E-state index is 12.3. The Labute approximate surface area is 123 Å². The Morgan fingerprint density at radius 2 is 2.10 bits per heavy atom. The van der Waals surface area contributed by atoms with Gasteiger partial charge in [0.15, 0.2) is 0 Å². The highest BCUT2D eigenvalue weighted by molar-refractivity contribution is 5.76. The molecule has 0 aromatic rings. The van der Waals surface area contributed by atoms with Crippen LogP contribution in [0.4, 0.5) is 0 Å². The van der Waals surface area contributed by atoms with Crippen molar-refractivity contribution in [3.05, 3.63) is 0 Å². The molecule has 0 aromatic carbocycles. The van der Waals surface area contributed by atoms with Gasteiger partial charge in [-0.05, 0) is 39.5 Å². The third kappa shape index (κ3) is 2.86. The predicted molar refractivity (Wildman–Crippen MR) is 80.4 cm³/mol. The number of ether oxygens (including phenoxy) is 1. The number of carbonyl (C=O) groups excluding carboxylic acids is 1. The minimum Gasteiger partial charge on any atom is -0.378 e. The molecule has 2 rings (SSSR count). The predicted octanol–water partition coefficient (Wildman–Crippen LogP) is 2.31. The van der Waals surface area contributed by atoms with Crippen LogP contribution in [0.1, 0.15) is 58.8 Å². The lowest BCUT2D eigenvalue weighted by Gasteiger charge is -2.57. The smallest absolute Gasteiger partial charge is 0.222 e. The maximum Gasteiger partial charge on any atom is 0.222 e. The largest absolute Gasteiger partial charge is 0.378 e. The van der Waals surface area contributed by atoms with E-state index in [4.69, 9.17) is 10.5 Å². The molecule has 0 radical (unpaired) electrons. The van der Waals surface area contributed by atoms with Gasteiger partial charge in [-0.25, -0.2) is 0 Å². The summed E-state index contributed by atoms with van der Waals surface area (Å²) in [5.74, 6) is 0.244. The summed E-state index contributed by atoms with van der Waals surface area (Å²) in [7, 11) is 1.97. The van der Waals surface area contributed by atoms with Crippen molar-refractivity contribution < 1.29 is 9.53 Å². The van der Waals surface area contributed by atoms with E-state index >= 15 is 0 Å². The van der Waals surface area contributed by atoms with E-state index < -0.39 is 0 Å². The molecule has 116 valence electrons. The maximum atomic E-state index is 12.3. The zero-order valence-electron chi connectivity index (χ0n) is 13.2. The fraction of sp³-hybridized carbons (Fsp3) is 0.938. The van der Waals surface area contributed by atoms with Crippen LogP contribution in [0.5, 0.6) is 0 Å². The summed E-state index contributed by atoms with van der Waals surface area (Å²) >= 11 is 0. The summed E-state index contributed by atoms with van der Waals surface area (Å²) in [6, 6.07) is 0.479. The summed E-state index contributed by atoms with van der Waals surface area (Å²) in [6.07, 6.45) is 7.71. The number of nitrogens with zero attached hydrogens (tertiary/aromatic N) is 1. The van der Waals surface area contributed by atoms with Crippen molar-refractivity contribution in [2.45, 2.75) is 77.0 Å². The van der Waals surface area contributed by atoms with E-state index in [0.29, 0.717) is 18.6 Å². The molecule has 1 spiro atoms. The summed E-state index contributed by atoms with van der Waals surface area (Å²) in [5.41, 5.74) is 5.99. The van der Waals surface area contributed by atoms with E-state index in [9.17, 15) is 4.79 Å². The third-order valence-electron chi connectivity index (χ3n) is 5.32. The second-order valence-corrected chi connectivity index (χ2v) is 6.66. The Kier molecular flexibility index (Phi) is 5.08. The molecule has 20 heavy (non-hydrogen) atoms. The van der Waals surface area contributed by atoms with Crippen LogP contribution in [-0.4, -0.2) is 42.6 Å². The lowest BCUT2D eigenvalue weighted by molar-refractivity contribution is -0.172. The molecule has 4 heteroatoms. The van der Waals surface area contributed by atoms with Crippen LogP contribution in [0.15, 0.2) is 0 Å². The van der Waals surface area contributed by atoms with Crippen molar-refractivity contribution in [3.63, 3.8) is 0 Å². The number of carbonyl (C=O) groups is 1. The summed E-state index contributed by atoms with van der Waals surface area (Å²) in [5, 5.41) is 0. The van der Waals surface area contributed by atoms with Crippen molar-refractivity contribution in [1.82, 2.24) is 4.90 Å². The van der Waals surface area contributed by atoms with Crippen LogP contribution in [0, 0.1) is 5.41 Å². The van der Waals surface area contributed by atoms with Crippen molar-refractivity contribution in [1.29, 1.82) is 0 Å². The van der Waals surface area contributed by atoms with Crippen LogP contribution in [0.25, 0.3) is 0 Å². The standard InChI is InChI=1S/C16H30N2O2/c1-4-20-14-11-13(16(14)9-5-6-10-16)18(3)15(19)8-7-12(2)17/h12-14H,4-11,17H2,1-3H3. The van der Waals surface area contributed by atoms with Gasteiger partial charge in [0.1, 0.15) is 0 Å². The van der Waals surface area contributed by atoms with Gasteiger partial charge in [-0.15, -0.1) is 0 Å². The summed E-state index contributed by atoms with van der Waals surface area (Å²) in [4.78, 5) is 14.3. The molecule has 4 nitrogen and oxygen atoms in total. The van der Waals surface area contributed by atoms with Crippen LogP contribution >= 0.6 is 0 Å². The van der Waals surface area contributed by atoms with Crippen molar-refractivity contribution >= 4 is 5.91 Å². The molecule has 0 aromatic heterocycles. The topological polar surface area (TPSA) is 55.6 Å². The molecule has 1 amide bonds. The quantitative estimate of drug-likeness (QED) is 0.813. The first-order chi connectivity index (χ1) is 9.51. The monoisotopic (exact) mass is 282 g/mol. The van der Waals surface area contributed by atoms with Gasteiger partial charge < -0.3 is 15.4 Å². The SMILES string of the molecule is CCOC1CC(N(C)C(=O)CCC(C)N)C12CCCC2. The van der Waals surface area contributed by atoms with Crippen LogP contribution in [0.2, 0.25) is 0 Å². The second-order valence-electron chi connectivity index (χ2n) is 6.66. The van der Waals surface area contributed by atoms with Gasteiger partial charge >= 0.3 is 0 Å². The summed E-state index contributed by atoms with van der Waals surface area (Å²) in [6.45, 7) is 4.80. The number of amides is 1. The molecule has 0 heterocycles. The number of hydrogen-bond acceptors (Lipinski definition) is 3. The lowest BCUT2D eigenvalue weighted by Crippen LogP contribution is -2.64. The fourth-order valence-corrected chi connectivity index (χ4v) is 4.10. The van der Waals surface area contributed by atoms with E-state index in [1.807, 2.05) is 18.9 Å². The van der Waals surface area contributed by atoms with Gasteiger partial charge in [0.25, 0.3) is 0 Å². The first-order valence-electron chi connectivity index (χ1n) is 8.14. The van der Waals surface area contributed by atoms with Crippen LogP contribution in [0.3, 0.4) is 0 Å². The normalized spacial score (nSPS) is 29.2. The van der Waals surface area contributed by atoms with Crippen molar-refractivity contribution in [2.75, 3.05) is 13.7 Å². The van der Waals surface area contributed by atoms with Gasteiger partial charge in [0, 0.05) is 37.6 Å². The zero-order valence-corrected chi connectivity index (χ0v) is 13.2. The molecular formula is C16H30N2O2. The van der Waals surface area contributed by atoms with E-state index in [0.717, 1.165) is 19.4 Å². The third-order valence-corrected chi connectivity index (χ3v) is 5.32. The Balaban J connectivity index is 1.96. The van der Waals surface area contributed by atoms with Gasteiger partial charge in [-0.3, -0.25) is 4.79 Å². The second kappa shape index (κ2) is 6.44. The molecular weight excluding hydrogens is 252 g/mol. The number of rotatable bonds is 6. The molecule has 0 bridgehead atoms. The Hall–Kier alpha value is -0.610. The van der Waals surface area contributed by atoms with Gasteiger partial charge in [0.2, 0.25) is 5.91 Å². The van der Waals surface area contributed by atoms with Gasteiger partial charge in [-0.1, -0.05) is 12.8 Å². The van der Waals surface area contributed by atoms with Crippen LogP contribution in [-0.2, 0) is 9.53 Å². The minimum absolute atomic E-state index is 0.102. The average Bonchev–Trinajstić information content (AvgIpc) is 2.91. The molecule has 2 N–H and O–H groups in total. The van der Waals surface area contributed by atoms with Crippen LogP contribution < -0.4 is 5.73 Å². The fourth-order valence-electron chi connectivity index (χ4n) is 4.10. The molecule has 0 saturated heterocycles. The van der Waals surface area contributed by atoms with E-state index in [1.165, 1.54) is 25.7 Å². The average molecular weight is 282 g/mol. The molecule has 3 atom stereocenters. The molecule has 0 aliphatic heterocycles. The molecule has 3 unspecified atom stereocenters. The number of nitrogens with two attached hydrogens (primary N) is 1. The first kappa shape index (κ1) is 15.8. The Bertz CT molecular complexity index is 337.